The zero-order valence-electron chi connectivity index (χ0n) is 9.81. The molecular formula is C12H12ClN3OS. The fourth-order valence-electron chi connectivity index (χ4n) is 1.42. The number of carbonyl (C=O) groups is 1. The van der Waals surface area contributed by atoms with Crippen molar-refractivity contribution in [3.63, 3.8) is 0 Å². The summed E-state index contributed by atoms with van der Waals surface area (Å²) in [5.74, 6) is -0.0358. The summed E-state index contributed by atoms with van der Waals surface area (Å²) < 4.78 is 0. The van der Waals surface area contributed by atoms with Gasteiger partial charge in [0.25, 0.3) is 0 Å². The number of hydrogen-bond acceptors (Lipinski definition) is 4. The lowest BCUT2D eigenvalue weighted by molar-refractivity contribution is -0.116. The van der Waals surface area contributed by atoms with Crippen LogP contribution in [0.4, 0.5) is 5.13 Å². The maximum atomic E-state index is 11.4. The maximum absolute atomic E-state index is 11.4. The van der Waals surface area contributed by atoms with Crippen molar-refractivity contribution in [2.24, 2.45) is 0 Å². The van der Waals surface area contributed by atoms with E-state index < -0.39 is 0 Å². The maximum Gasteiger partial charge on any atom is 0.226 e. The standard InChI is InChI=1S/C12H12ClN3OS/c1-2-4-10(17)14-12-16-15-11(18-12)8-5-3-6-9(13)7-8/h3,5-7H,2,4H2,1H3,(H,14,16,17). The molecule has 0 radical (unpaired) electrons. The van der Waals surface area contributed by atoms with Gasteiger partial charge in [0.15, 0.2) is 0 Å². The van der Waals surface area contributed by atoms with Crippen LogP contribution in [0.2, 0.25) is 5.02 Å². The second kappa shape index (κ2) is 5.93. The average Bonchev–Trinajstić information content (AvgIpc) is 2.78. The zero-order chi connectivity index (χ0) is 13.0. The molecule has 0 aliphatic carbocycles. The number of halogens is 1. The lowest BCUT2D eigenvalue weighted by Crippen LogP contribution is -2.10. The Labute approximate surface area is 114 Å². The molecule has 0 aliphatic rings. The Hall–Kier alpha value is -1.46. The van der Waals surface area contributed by atoms with Gasteiger partial charge in [-0.2, -0.15) is 0 Å². The molecule has 18 heavy (non-hydrogen) atoms. The molecule has 1 N–H and O–H groups in total. The van der Waals surface area contributed by atoms with Crippen LogP contribution in [0.15, 0.2) is 24.3 Å². The van der Waals surface area contributed by atoms with Gasteiger partial charge in [-0.05, 0) is 18.6 Å². The van der Waals surface area contributed by atoms with Crippen LogP contribution in [0.25, 0.3) is 10.6 Å². The average molecular weight is 282 g/mol. The predicted molar refractivity (Wildman–Crippen MR) is 73.9 cm³/mol. The highest BCUT2D eigenvalue weighted by Gasteiger charge is 2.09. The number of anilines is 1. The molecule has 94 valence electrons. The van der Waals surface area contributed by atoms with Crippen molar-refractivity contribution >= 4 is 34.0 Å². The normalized spacial score (nSPS) is 10.3. The van der Waals surface area contributed by atoms with Crippen LogP contribution in [-0.2, 0) is 4.79 Å². The fourth-order valence-corrected chi connectivity index (χ4v) is 2.37. The molecule has 0 fully saturated rings. The van der Waals surface area contributed by atoms with E-state index >= 15 is 0 Å². The first-order valence-electron chi connectivity index (χ1n) is 5.58. The fraction of sp³-hybridized carbons (Fsp3) is 0.250. The highest BCUT2D eigenvalue weighted by Crippen LogP contribution is 2.28. The van der Waals surface area contributed by atoms with Crippen molar-refractivity contribution in [2.75, 3.05) is 5.32 Å². The summed E-state index contributed by atoms with van der Waals surface area (Å²) in [6.45, 7) is 1.96. The van der Waals surface area contributed by atoms with Crippen molar-refractivity contribution < 1.29 is 4.79 Å². The van der Waals surface area contributed by atoms with E-state index in [1.165, 1.54) is 11.3 Å². The van der Waals surface area contributed by atoms with Crippen molar-refractivity contribution in [2.45, 2.75) is 19.8 Å². The first kappa shape index (κ1) is 13.0. The molecule has 6 heteroatoms. The number of aromatic nitrogens is 2. The van der Waals surface area contributed by atoms with Gasteiger partial charge in [0.05, 0.1) is 0 Å². The zero-order valence-corrected chi connectivity index (χ0v) is 11.4. The van der Waals surface area contributed by atoms with E-state index in [9.17, 15) is 4.79 Å². The molecule has 0 unspecified atom stereocenters. The Bertz CT molecular complexity index is 556. The van der Waals surface area contributed by atoms with Gasteiger partial charge in [-0.25, -0.2) is 0 Å². The number of nitrogens with one attached hydrogen (secondary N) is 1. The van der Waals surface area contributed by atoms with E-state index in [4.69, 9.17) is 11.6 Å². The van der Waals surface area contributed by atoms with Crippen molar-refractivity contribution in [1.29, 1.82) is 0 Å². The minimum absolute atomic E-state index is 0.0358. The quantitative estimate of drug-likeness (QED) is 0.932. The summed E-state index contributed by atoms with van der Waals surface area (Å²) in [5.41, 5.74) is 0.899. The molecule has 1 heterocycles. The van der Waals surface area contributed by atoms with Crippen LogP contribution in [0.1, 0.15) is 19.8 Å². The molecular weight excluding hydrogens is 270 g/mol. The second-order valence-electron chi connectivity index (χ2n) is 3.72. The minimum atomic E-state index is -0.0358. The number of hydrogen-bond donors (Lipinski definition) is 1. The summed E-state index contributed by atoms with van der Waals surface area (Å²) in [6, 6.07) is 7.38. The van der Waals surface area contributed by atoms with Gasteiger partial charge in [0.1, 0.15) is 5.01 Å². The third-order valence-electron chi connectivity index (χ3n) is 2.22. The summed E-state index contributed by atoms with van der Waals surface area (Å²) in [4.78, 5) is 11.4. The number of amides is 1. The topological polar surface area (TPSA) is 54.9 Å². The van der Waals surface area contributed by atoms with E-state index in [0.29, 0.717) is 16.6 Å². The first-order chi connectivity index (χ1) is 8.69. The molecule has 0 aliphatic heterocycles. The predicted octanol–water partition coefficient (Wildman–Crippen LogP) is 3.60. The number of nitrogens with zero attached hydrogens (tertiary/aromatic N) is 2. The molecule has 0 saturated heterocycles. The van der Waals surface area contributed by atoms with Crippen LogP contribution in [0.3, 0.4) is 0 Å². The SMILES string of the molecule is CCCC(=O)Nc1nnc(-c2cccc(Cl)c2)s1. The van der Waals surface area contributed by atoms with Gasteiger partial charge >= 0.3 is 0 Å². The third kappa shape index (κ3) is 3.27. The van der Waals surface area contributed by atoms with E-state index in [1.54, 1.807) is 6.07 Å². The van der Waals surface area contributed by atoms with Crippen LogP contribution in [0, 0.1) is 0 Å². The third-order valence-corrected chi connectivity index (χ3v) is 3.34. The smallest absolute Gasteiger partial charge is 0.226 e. The molecule has 0 saturated carbocycles. The second-order valence-corrected chi connectivity index (χ2v) is 5.13. The Balaban J connectivity index is 2.13. The van der Waals surface area contributed by atoms with Gasteiger partial charge in [-0.1, -0.05) is 42.0 Å². The Morgan fingerprint density at radius 3 is 3.00 bits per heavy atom. The minimum Gasteiger partial charge on any atom is -0.301 e. The molecule has 1 amide bonds. The van der Waals surface area contributed by atoms with Gasteiger partial charge < -0.3 is 5.32 Å². The Morgan fingerprint density at radius 1 is 1.44 bits per heavy atom. The van der Waals surface area contributed by atoms with Gasteiger partial charge in [0.2, 0.25) is 11.0 Å². The van der Waals surface area contributed by atoms with Crippen molar-refractivity contribution in [3.05, 3.63) is 29.3 Å². The number of carbonyl (C=O) groups excluding carboxylic acids is 1. The number of benzene rings is 1. The molecule has 1 aromatic heterocycles. The largest absolute Gasteiger partial charge is 0.301 e. The molecule has 0 spiro atoms. The molecule has 2 aromatic rings. The van der Waals surface area contributed by atoms with Crippen molar-refractivity contribution in [3.8, 4) is 10.6 Å². The summed E-state index contributed by atoms with van der Waals surface area (Å²) >= 11 is 7.25. The van der Waals surface area contributed by atoms with E-state index in [-0.39, 0.29) is 5.91 Å². The van der Waals surface area contributed by atoms with Crippen LogP contribution < -0.4 is 5.32 Å². The van der Waals surface area contributed by atoms with E-state index in [1.807, 2.05) is 25.1 Å². The van der Waals surface area contributed by atoms with Gasteiger partial charge in [0, 0.05) is 17.0 Å². The van der Waals surface area contributed by atoms with Crippen LogP contribution >= 0.6 is 22.9 Å². The van der Waals surface area contributed by atoms with Crippen LogP contribution in [-0.4, -0.2) is 16.1 Å². The summed E-state index contributed by atoms with van der Waals surface area (Å²) in [7, 11) is 0. The summed E-state index contributed by atoms with van der Waals surface area (Å²) in [6.07, 6.45) is 1.30. The highest BCUT2D eigenvalue weighted by atomic mass is 35.5. The monoisotopic (exact) mass is 281 g/mol. The number of rotatable bonds is 4. The molecule has 4 nitrogen and oxygen atoms in total. The molecule has 0 bridgehead atoms. The van der Waals surface area contributed by atoms with E-state index in [2.05, 4.69) is 15.5 Å². The lowest BCUT2D eigenvalue weighted by Gasteiger charge is -1.97. The first-order valence-corrected chi connectivity index (χ1v) is 6.78. The Morgan fingerprint density at radius 2 is 2.28 bits per heavy atom. The van der Waals surface area contributed by atoms with Crippen LogP contribution in [0.5, 0.6) is 0 Å². The Kier molecular flexibility index (Phi) is 4.28. The molecule has 1 aromatic carbocycles. The lowest BCUT2D eigenvalue weighted by atomic mass is 10.2. The van der Waals surface area contributed by atoms with Crippen molar-refractivity contribution in [1.82, 2.24) is 10.2 Å². The highest BCUT2D eigenvalue weighted by molar-refractivity contribution is 7.18. The van der Waals surface area contributed by atoms with Gasteiger partial charge in [-0.3, -0.25) is 4.79 Å². The van der Waals surface area contributed by atoms with Gasteiger partial charge in [-0.15, -0.1) is 10.2 Å². The van der Waals surface area contributed by atoms with E-state index in [0.717, 1.165) is 17.0 Å². The molecule has 2 rings (SSSR count). The summed E-state index contributed by atoms with van der Waals surface area (Å²) in [5, 5.41) is 12.6. The molecule has 0 atom stereocenters.